The predicted octanol–water partition coefficient (Wildman–Crippen LogP) is 1.46. The molecule has 0 saturated carbocycles. The highest BCUT2D eigenvalue weighted by Crippen LogP contribution is 2.33. The van der Waals surface area contributed by atoms with Crippen molar-refractivity contribution in [2.45, 2.75) is 32.7 Å². The Hall–Kier alpha value is -1.36. The lowest BCUT2D eigenvalue weighted by atomic mass is 9.77. The Kier molecular flexibility index (Phi) is 4.01. The summed E-state index contributed by atoms with van der Waals surface area (Å²) in [6, 6.07) is 0. The molecule has 1 saturated heterocycles. The Morgan fingerprint density at radius 1 is 1.50 bits per heavy atom. The van der Waals surface area contributed by atoms with Gasteiger partial charge in [0.1, 0.15) is 0 Å². The van der Waals surface area contributed by atoms with Crippen LogP contribution in [0.25, 0.3) is 0 Å². The maximum absolute atomic E-state index is 11.4. The fraction of sp³-hybridized carbons (Fsp3) is 0.692. The van der Waals surface area contributed by atoms with E-state index < -0.39 is 11.4 Å². The highest BCUT2D eigenvalue weighted by Gasteiger charge is 2.40. The second-order valence-electron chi connectivity index (χ2n) is 5.12. The van der Waals surface area contributed by atoms with Crippen molar-refractivity contribution in [2.24, 2.45) is 5.41 Å². The monoisotopic (exact) mass is 251 g/mol. The summed E-state index contributed by atoms with van der Waals surface area (Å²) in [6.07, 6.45) is 8.00. The molecule has 0 aliphatic carbocycles. The van der Waals surface area contributed by atoms with Gasteiger partial charge in [0.2, 0.25) is 0 Å². The number of carbonyl (C=O) groups is 1. The van der Waals surface area contributed by atoms with Crippen LogP contribution in [0.5, 0.6) is 0 Å². The zero-order valence-corrected chi connectivity index (χ0v) is 10.9. The third-order valence-electron chi connectivity index (χ3n) is 4.02. The van der Waals surface area contributed by atoms with Gasteiger partial charge in [0, 0.05) is 32.0 Å². The SMILES string of the molecule is CCC1(C(=O)O)CCCN(CCn2ccnc2)C1. The maximum atomic E-state index is 11.4. The summed E-state index contributed by atoms with van der Waals surface area (Å²) in [7, 11) is 0. The fourth-order valence-electron chi connectivity index (χ4n) is 2.71. The van der Waals surface area contributed by atoms with Crippen LogP contribution in [0.2, 0.25) is 0 Å². The topological polar surface area (TPSA) is 58.4 Å². The van der Waals surface area contributed by atoms with Crippen molar-refractivity contribution < 1.29 is 9.90 Å². The number of hydrogen-bond donors (Lipinski definition) is 1. The van der Waals surface area contributed by atoms with Crippen molar-refractivity contribution in [1.29, 1.82) is 0 Å². The molecular formula is C13H21N3O2. The van der Waals surface area contributed by atoms with E-state index in [9.17, 15) is 9.90 Å². The summed E-state index contributed by atoms with van der Waals surface area (Å²) in [5, 5.41) is 9.42. The molecule has 100 valence electrons. The first-order chi connectivity index (χ1) is 8.66. The number of piperidine rings is 1. The van der Waals surface area contributed by atoms with Crippen molar-refractivity contribution in [1.82, 2.24) is 14.5 Å². The Morgan fingerprint density at radius 2 is 2.33 bits per heavy atom. The van der Waals surface area contributed by atoms with Gasteiger partial charge >= 0.3 is 5.97 Å². The smallest absolute Gasteiger partial charge is 0.310 e. The minimum Gasteiger partial charge on any atom is -0.481 e. The van der Waals surface area contributed by atoms with Crippen LogP contribution in [0.1, 0.15) is 26.2 Å². The van der Waals surface area contributed by atoms with Crippen LogP contribution in [0, 0.1) is 5.41 Å². The van der Waals surface area contributed by atoms with Gasteiger partial charge in [-0.2, -0.15) is 0 Å². The summed E-state index contributed by atoms with van der Waals surface area (Å²) in [5.41, 5.74) is -0.535. The molecule has 1 aromatic rings. The molecule has 5 heteroatoms. The van der Waals surface area contributed by atoms with Crippen molar-refractivity contribution in [3.63, 3.8) is 0 Å². The number of imidazole rings is 1. The molecule has 18 heavy (non-hydrogen) atoms. The molecule has 0 aromatic carbocycles. The van der Waals surface area contributed by atoms with Crippen molar-refractivity contribution in [2.75, 3.05) is 19.6 Å². The number of hydrogen-bond acceptors (Lipinski definition) is 3. The van der Waals surface area contributed by atoms with Crippen LogP contribution >= 0.6 is 0 Å². The first-order valence-electron chi connectivity index (χ1n) is 6.58. The van der Waals surface area contributed by atoms with E-state index in [0.717, 1.165) is 32.5 Å². The summed E-state index contributed by atoms with van der Waals surface area (Å²) in [4.78, 5) is 17.7. The molecule has 1 N–H and O–H groups in total. The van der Waals surface area contributed by atoms with Crippen LogP contribution in [0.3, 0.4) is 0 Å². The molecule has 0 radical (unpaired) electrons. The Bertz CT molecular complexity index is 391. The number of nitrogens with zero attached hydrogens (tertiary/aromatic N) is 3. The molecule has 2 heterocycles. The third-order valence-corrected chi connectivity index (χ3v) is 4.02. The molecule has 0 amide bonds. The molecule has 2 rings (SSSR count). The fourth-order valence-corrected chi connectivity index (χ4v) is 2.71. The van der Waals surface area contributed by atoms with E-state index in [0.29, 0.717) is 13.0 Å². The number of aromatic nitrogens is 2. The molecule has 1 atom stereocenters. The Balaban J connectivity index is 1.92. The van der Waals surface area contributed by atoms with Gasteiger partial charge in [-0.05, 0) is 25.8 Å². The van der Waals surface area contributed by atoms with Gasteiger partial charge in [0.05, 0.1) is 11.7 Å². The van der Waals surface area contributed by atoms with Crippen LogP contribution in [-0.2, 0) is 11.3 Å². The number of likely N-dealkylation sites (tertiary alicyclic amines) is 1. The first kappa shape index (κ1) is 13.1. The van der Waals surface area contributed by atoms with E-state index >= 15 is 0 Å². The highest BCUT2D eigenvalue weighted by atomic mass is 16.4. The molecule has 5 nitrogen and oxygen atoms in total. The molecule has 1 fully saturated rings. The normalized spacial score (nSPS) is 25.2. The van der Waals surface area contributed by atoms with Crippen molar-refractivity contribution in [3.8, 4) is 0 Å². The molecule has 1 aliphatic heterocycles. The van der Waals surface area contributed by atoms with Gasteiger partial charge in [0.25, 0.3) is 0 Å². The summed E-state index contributed by atoms with van der Waals surface area (Å²) in [6.45, 7) is 5.43. The molecule has 1 unspecified atom stereocenters. The van der Waals surface area contributed by atoms with Crippen molar-refractivity contribution in [3.05, 3.63) is 18.7 Å². The van der Waals surface area contributed by atoms with Gasteiger partial charge in [0.15, 0.2) is 0 Å². The first-order valence-corrected chi connectivity index (χ1v) is 6.58. The van der Waals surface area contributed by atoms with Crippen LogP contribution in [0.15, 0.2) is 18.7 Å². The van der Waals surface area contributed by atoms with Gasteiger partial charge in [-0.3, -0.25) is 4.79 Å². The lowest BCUT2D eigenvalue weighted by Crippen LogP contribution is -2.48. The average Bonchev–Trinajstić information content (AvgIpc) is 2.89. The van der Waals surface area contributed by atoms with E-state index in [1.54, 1.807) is 12.5 Å². The molecule has 1 aromatic heterocycles. The quantitative estimate of drug-likeness (QED) is 0.860. The van der Waals surface area contributed by atoms with Gasteiger partial charge in [-0.1, -0.05) is 6.92 Å². The zero-order valence-electron chi connectivity index (χ0n) is 10.9. The number of carboxylic acids is 1. The number of aliphatic carboxylic acids is 1. The maximum Gasteiger partial charge on any atom is 0.310 e. The van der Waals surface area contributed by atoms with Crippen LogP contribution < -0.4 is 0 Å². The molecule has 0 spiro atoms. The second-order valence-corrected chi connectivity index (χ2v) is 5.12. The summed E-state index contributed by atoms with van der Waals surface area (Å²) < 4.78 is 2.03. The number of carboxylic acid groups (broad SMARTS) is 1. The van der Waals surface area contributed by atoms with Gasteiger partial charge in [-0.15, -0.1) is 0 Å². The Labute approximate surface area is 107 Å². The minimum absolute atomic E-state index is 0.535. The lowest BCUT2D eigenvalue weighted by molar-refractivity contribution is -0.152. The van der Waals surface area contributed by atoms with E-state index in [2.05, 4.69) is 9.88 Å². The van der Waals surface area contributed by atoms with Crippen LogP contribution in [-0.4, -0.2) is 45.2 Å². The summed E-state index contributed by atoms with van der Waals surface area (Å²) >= 11 is 0. The van der Waals surface area contributed by atoms with E-state index in [1.165, 1.54) is 0 Å². The Morgan fingerprint density at radius 3 is 2.94 bits per heavy atom. The van der Waals surface area contributed by atoms with Crippen molar-refractivity contribution >= 4 is 5.97 Å². The standard InChI is InChI=1S/C13H21N3O2/c1-2-13(12(17)18)4-3-6-15(10-13)8-9-16-7-5-14-11-16/h5,7,11H,2-4,6,8-10H2,1H3,(H,17,18). The zero-order chi connectivity index (χ0) is 13.0. The van der Waals surface area contributed by atoms with E-state index in [4.69, 9.17) is 0 Å². The predicted molar refractivity (Wildman–Crippen MR) is 68.3 cm³/mol. The van der Waals surface area contributed by atoms with E-state index in [1.807, 2.05) is 17.7 Å². The van der Waals surface area contributed by atoms with Crippen LogP contribution in [0.4, 0.5) is 0 Å². The molecular weight excluding hydrogens is 230 g/mol. The largest absolute Gasteiger partial charge is 0.481 e. The molecule has 0 bridgehead atoms. The average molecular weight is 251 g/mol. The highest BCUT2D eigenvalue weighted by molar-refractivity contribution is 5.75. The number of rotatable bonds is 5. The van der Waals surface area contributed by atoms with Gasteiger partial charge in [-0.25, -0.2) is 4.98 Å². The third kappa shape index (κ3) is 2.72. The molecule has 1 aliphatic rings. The van der Waals surface area contributed by atoms with E-state index in [-0.39, 0.29) is 0 Å². The summed E-state index contributed by atoms with van der Waals surface area (Å²) in [5.74, 6) is -0.641. The van der Waals surface area contributed by atoms with Gasteiger partial charge < -0.3 is 14.6 Å². The minimum atomic E-state index is -0.641. The lowest BCUT2D eigenvalue weighted by Gasteiger charge is -2.39. The second kappa shape index (κ2) is 5.52.